The molecule has 2 saturated heterocycles. The van der Waals surface area contributed by atoms with E-state index >= 15 is 0 Å². The van der Waals surface area contributed by atoms with Crippen LogP contribution >= 0.6 is 0 Å². The Balaban J connectivity index is 1.05. The highest BCUT2D eigenvalue weighted by Gasteiger charge is 2.54. The van der Waals surface area contributed by atoms with E-state index in [1.807, 2.05) is 49.4 Å². The molecule has 2 saturated carbocycles. The van der Waals surface area contributed by atoms with Crippen molar-refractivity contribution < 1.29 is 9.90 Å². The maximum atomic E-state index is 13.7. The van der Waals surface area contributed by atoms with E-state index in [1.54, 1.807) is 10.6 Å². The molecule has 4 bridgehead atoms. The summed E-state index contributed by atoms with van der Waals surface area (Å²) in [6.07, 6.45) is 7.15. The van der Waals surface area contributed by atoms with Gasteiger partial charge in [-0.3, -0.25) is 14.5 Å². The van der Waals surface area contributed by atoms with Gasteiger partial charge in [-0.15, -0.1) is 0 Å². The molecule has 3 heterocycles. The van der Waals surface area contributed by atoms with Crippen molar-refractivity contribution in [2.75, 3.05) is 13.1 Å². The van der Waals surface area contributed by atoms with E-state index < -0.39 is 11.5 Å². The highest BCUT2D eigenvalue weighted by molar-refractivity contribution is 6.02. The van der Waals surface area contributed by atoms with Crippen molar-refractivity contribution in [1.82, 2.24) is 14.8 Å². The molecule has 0 radical (unpaired) electrons. The largest absolute Gasteiger partial charge is 0.506 e. The van der Waals surface area contributed by atoms with Gasteiger partial charge in [0.2, 0.25) is 0 Å². The summed E-state index contributed by atoms with van der Waals surface area (Å²) in [4.78, 5) is 29.8. The fourth-order valence-electron chi connectivity index (χ4n) is 8.48. The lowest BCUT2D eigenvalue weighted by molar-refractivity contribution is -0.0750. The number of benzene rings is 3. The molecule has 216 valence electrons. The summed E-state index contributed by atoms with van der Waals surface area (Å²) in [5.41, 5.74) is 3.88. The third kappa shape index (κ3) is 4.62. The third-order valence-electron chi connectivity index (χ3n) is 10.3. The molecule has 0 spiro atoms. The fraction of sp³-hybridized carbons (Fsp3) is 0.389. The zero-order valence-electron chi connectivity index (χ0n) is 24.3. The Bertz CT molecular complexity index is 1680. The Morgan fingerprint density at radius 3 is 2.38 bits per heavy atom. The highest BCUT2D eigenvalue weighted by Crippen LogP contribution is 2.57. The van der Waals surface area contributed by atoms with Crippen LogP contribution in [-0.4, -0.2) is 45.7 Å². The van der Waals surface area contributed by atoms with Gasteiger partial charge < -0.3 is 15.0 Å². The molecule has 4 fully saturated rings. The number of rotatable bonds is 8. The Labute approximate surface area is 247 Å². The zero-order chi connectivity index (χ0) is 28.8. The molecule has 6 heteroatoms. The maximum absolute atomic E-state index is 13.7. The van der Waals surface area contributed by atoms with Crippen molar-refractivity contribution in [2.24, 2.45) is 5.92 Å². The lowest BCUT2D eigenvalue weighted by Crippen LogP contribution is -2.63. The molecule has 6 nitrogen and oxygen atoms in total. The van der Waals surface area contributed by atoms with Gasteiger partial charge in [0.15, 0.2) is 0 Å². The van der Waals surface area contributed by atoms with Gasteiger partial charge in [-0.2, -0.15) is 0 Å². The van der Waals surface area contributed by atoms with Crippen LogP contribution in [0.2, 0.25) is 0 Å². The van der Waals surface area contributed by atoms with E-state index in [-0.39, 0.29) is 11.3 Å². The molecule has 3 aromatic carbocycles. The first-order valence-corrected chi connectivity index (χ1v) is 15.4. The number of carbonyl (C=O) groups excluding carboxylic acids is 1. The number of aromatic nitrogens is 1. The van der Waals surface area contributed by atoms with E-state index in [2.05, 4.69) is 40.5 Å². The summed E-state index contributed by atoms with van der Waals surface area (Å²) in [5, 5.41) is 14.5. The van der Waals surface area contributed by atoms with Gasteiger partial charge >= 0.3 is 0 Å². The van der Waals surface area contributed by atoms with Crippen LogP contribution in [0.15, 0.2) is 83.7 Å². The molecule has 8 rings (SSSR count). The lowest BCUT2D eigenvalue weighted by Gasteiger charge is -2.62. The van der Waals surface area contributed by atoms with Gasteiger partial charge in [-0.05, 0) is 85.6 Å². The third-order valence-corrected chi connectivity index (χ3v) is 10.3. The predicted octanol–water partition coefficient (Wildman–Crippen LogP) is 5.77. The van der Waals surface area contributed by atoms with Crippen LogP contribution in [0, 0.1) is 12.8 Å². The van der Waals surface area contributed by atoms with Gasteiger partial charge in [0, 0.05) is 30.6 Å². The number of amides is 1. The van der Waals surface area contributed by atoms with E-state index in [9.17, 15) is 14.7 Å². The van der Waals surface area contributed by atoms with Crippen LogP contribution in [0.1, 0.15) is 65.6 Å². The van der Waals surface area contributed by atoms with Crippen molar-refractivity contribution in [3.63, 3.8) is 0 Å². The van der Waals surface area contributed by atoms with Gasteiger partial charge in [-0.1, -0.05) is 66.7 Å². The minimum atomic E-state index is -0.509. The van der Waals surface area contributed by atoms with Crippen LogP contribution in [0.3, 0.4) is 0 Å². The first-order chi connectivity index (χ1) is 20.4. The molecule has 4 aliphatic rings. The molecule has 1 aromatic heterocycles. The Hall–Kier alpha value is -3.90. The summed E-state index contributed by atoms with van der Waals surface area (Å²) in [6, 6.07) is 27.5. The molecule has 42 heavy (non-hydrogen) atoms. The normalized spacial score (nSPS) is 24.7. The topological polar surface area (TPSA) is 74.6 Å². The Morgan fingerprint density at radius 2 is 1.62 bits per heavy atom. The number of nitrogens with one attached hydrogen (secondary N) is 1. The zero-order valence-corrected chi connectivity index (χ0v) is 24.3. The predicted molar refractivity (Wildman–Crippen MR) is 166 cm³/mol. The molecule has 1 amide bonds. The van der Waals surface area contributed by atoms with Crippen LogP contribution in [0.4, 0.5) is 0 Å². The number of aryl methyl sites for hydroxylation is 1. The minimum absolute atomic E-state index is 0.179. The Morgan fingerprint density at radius 1 is 0.929 bits per heavy atom. The van der Waals surface area contributed by atoms with Crippen molar-refractivity contribution in [2.45, 2.75) is 69.5 Å². The first kappa shape index (κ1) is 27.0. The second-order valence-corrected chi connectivity index (χ2v) is 12.8. The number of fused-ring (bicyclic) bond motifs is 1. The number of pyridine rings is 1. The number of nitrogens with zero attached hydrogens (tertiary/aromatic N) is 2. The molecule has 2 atom stereocenters. The second-order valence-electron chi connectivity index (χ2n) is 12.8. The van der Waals surface area contributed by atoms with Crippen LogP contribution < -0.4 is 10.9 Å². The standard InChI is InChI=1S/C36H39N3O3/c1-24-10-5-6-11-26(24)23-39-31-15-8-7-14-30(31)33(40)32(35(39)42)34(41)37-16-9-17-38-28-18-25-19-29(38)22-36(20-25,21-28)27-12-3-2-4-13-27/h2-8,10-15,25,28-29,40H,9,16-23H2,1H3,(H,37,41). The summed E-state index contributed by atoms with van der Waals surface area (Å²) in [7, 11) is 0. The highest BCUT2D eigenvalue weighted by atomic mass is 16.3. The molecule has 4 aromatic rings. The van der Waals surface area contributed by atoms with Gasteiger partial charge in [0.1, 0.15) is 11.3 Å². The molecular formula is C36H39N3O3. The number of hydrogen-bond donors (Lipinski definition) is 2. The van der Waals surface area contributed by atoms with Gasteiger partial charge in [0.25, 0.3) is 11.5 Å². The summed E-state index contributed by atoms with van der Waals surface area (Å²) < 4.78 is 1.61. The molecule has 2 unspecified atom stereocenters. The van der Waals surface area contributed by atoms with Crippen LogP contribution in [-0.2, 0) is 12.0 Å². The maximum Gasteiger partial charge on any atom is 0.268 e. The smallest absolute Gasteiger partial charge is 0.268 e. The quantitative estimate of drug-likeness (QED) is 0.268. The molecule has 2 aliphatic heterocycles. The fourth-order valence-corrected chi connectivity index (χ4v) is 8.48. The lowest BCUT2D eigenvalue weighted by atomic mass is 9.53. The number of hydrogen-bond acceptors (Lipinski definition) is 4. The second kappa shape index (κ2) is 10.7. The van der Waals surface area contributed by atoms with Crippen LogP contribution in [0.25, 0.3) is 10.9 Å². The minimum Gasteiger partial charge on any atom is -0.506 e. The Kier molecular flexibility index (Phi) is 6.89. The van der Waals surface area contributed by atoms with E-state index in [1.165, 1.54) is 37.7 Å². The van der Waals surface area contributed by atoms with Crippen molar-refractivity contribution in [3.05, 3.63) is 111 Å². The van der Waals surface area contributed by atoms with Crippen molar-refractivity contribution >= 4 is 16.8 Å². The first-order valence-electron chi connectivity index (χ1n) is 15.4. The van der Waals surface area contributed by atoms with Crippen molar-refractivity contribution in [3.8, 4) is 5.75 Å². The van der Waals surface area contributed by atoms with E-state index in [0.717, 1.165) is 30.0 Å². The molecular weight excluding hydrogens is 522 g/mol. The van der Waals surface area contributed by atoms with Crippen molar-refractivity contribution in [1.29, 1.82) is 0 Å². The van der Waals surface area contributed by atoms with E-state index in [4.69, 9.17) is 0 Å². The molecule has 2 aliphatic carbocycles. The molecule has 2 N–H and O–H groups in total. The number of piperidine rings is 2. The van der Waals surface area contributed by atoms with Gasteiger partial charge in [-0.25, -0.2) is 0 Å². The van der Waals surface area contributed by atoms with E-state index in [0.29, 0.717) is 41.5 Å². The SMILES string of the molecule is Cc1ccccc1Cn1c(=O)c(C(=O)NCCCN2C3CC4CC2CC(c2ccccc2)(C4)C3)c(O)c2ccccc21. The number of aromatic hydroxyl groups is 1. The summed E-state index contributed by atoms with van der Waals surface area (Å²) >= 11 is 0. The average molecular weight is 562 g/mol. The monoisotopic (exact) mass is 561 g/mol. The van der Waals surface area contributed by atoms with Crippen LogP contribution in [0.5, 0.6) is 5.75 Å². The van der Waals surface area contributed by atoms with Gasteiger partial charge in [0.05, 0.1) is 12.1 Å². The number of para-hydroxylation sites is 1. The summed E-state index contributed by atoms with van der Waals surface area (Å²) in [6.45, 7) is 3.74. The number of carbonyl (C=O) groups is 1. The summed E-state index contributed by atoms with van der Waals surface area (Å²) in [5.74, 6) is 0.0615. The average Bonchev–Trinajstić information content (AvgIpc) is 2.99.